The molecule has 0 radical (unpaired) electrons. The molecule has 0 spiro atoms. The van der Waals surface area contributed by atoms with Gasteiger partial charge in [0.2, 0.25) is 0 Å². The van der Waals surface area contributed by atoms with Gasteiger partial charge < -0.3 is 14.7 Å². The molecule has 2 heterocycles. The number of nitrogens with zero attached hydrogens (tertiary/aromatic N) is 1. The predicted octanol–water partition coefficient (Wildman–Crippen LogP) is 2.16. The van der Waals surface area contributed by atoms with Crippen LogP contribution in [0, 0.1) is 11.8 Å². The number of methoxy groups -OCH3 is 1. The van der Waals surface area contributed by atoms with E-state index in [1.54, 1.807) is 19.9 Å². The van der Waals surface area contributed by atoms with Gasteiger partial charge in [0, 0.05) is 29.3 Å². The van der Waals surface area contributed by atoms with Crippen molar-refractivity contribution >= 4 is 17.7 Å². The molecule has 0 saturated heterocycles. The Morgan fingerprint density at radius 1 is 1.28 bits per heavy atom. The highest BCUT2D eigenvalue weighted by Crippen LogP contribution is 2.39. The Hall–Kier alpha value is -2.67. The van der Waals surface area contributed by atoms with Gasteiger partial charge in [-0.05, 0) is 19.9 Å². The molecule has 3 rings (SSSR count). The van der Waals surface area contributed by atoms with Crippen molar-refractivity contribution in [2.75, 3.05) is 7.11 Å². The maximum absolute atomic E-state index is 12.3. The van der Waals surface area contributed by atoms with Gasteiger partial charge in [-0.3, -0.25) is 9.79 Å². The number of fused-ring (bicyclic) bond motifs is 1. The van der Waals surface area contributed by atoms with Crippen molar-refractivity contribution in [2.24, 2.45) is 16.8 Å². The van der Waals surface area contributed by atoms with E-state index in [4.69, 9.17) is 14.5 Å². The largest absolute Gasteiger partial charge is 0.481 e. The number of para-hydroxylation sites is 1. The van der Waals surface area contributed by atoms with Gasteiger partial charge in [0.1, 0.15) is 12.0 Å². The van der Waals surface area contributed by atoms with Crippen LogP contribution in [0.15, 0.2) is 40.5 Å². The molecule has 0 fully saturated rings. The molecule has 1 N–H and O–H groups in total. The molecule has 0 bridgehead atoms. The third-order valence-electron chi connectivity index (χ3n) is 4.60. The minimum absolute atomic E-state index is 0.216. The Morgan fingerprint density at radius 2 is 2.00 bits per heavy atom. The number of benzene rings is 1. The molecule has 25 heavy (non-hydrogen) atoms. The fourth-order valence-corrected chi connectivity index (χ4v) is 3.49. The summed E-state index contributed by atoms with van der Waals surface area (Å²) >= 11 is 0. The fraction of sp³-hybridized carbons (Fsp3) is 0.389. The van der Waals surface area contributed by atoms with E-state index in [9.17, 15) is 14.7 Å². The first-order valence-corrected chi connectivity index (χ1v) is 7.92. The van der Waals surface area contributed by atoms with Crippen LogP contribution in [0.1, 0.15) is 19.4 Å². The highest BCUT2D eigenvalue weighted by molar-refractivity contribution is 6.05. The minimum Gasteiger partial charge on any atom is -0.481 e. The van der Waals surface area contributed by atoms with E-state index in [-0.39, 0.29) is 5.57 Å². The van der Waals surface area contributed by atoms with Crippen molar-refractivity contribution in [2.45, 2.75) is 26.4 Å². The predicted molar refractivity (Wildman–Crippen MR) is 88.1 cm³/mol. The maximum Gasteiger partial charge on any atom is 0.335 e. The number of aliphatic carboxylic acids is 1. The van der Waals surface area contributed by atoms with Crippen LogP contribution in [0.4, 0.5) is 0 Å². The highest BCUT2D eigenvalue weighted by Gasteiger charge is 2.47. The molecule has 1 aromatic rings. The summed E-state index contributed by atoms with van der Waals surface area (Å²) in [6, 6.07) is 7.36. The highest BCUT2D eigenvalue weighted by atomic mass is 17.2. The molecule has 132 valence electrons. The molecule has 1 aromatic carbocycles. The quantitative estimate of drug-likeness (QED) is 0.666. The molecule has 2 aliphatic heterocycles. The number of allylic oxidation sites excluding steroid dienone is 1. The molecule has 7 heteroatoms. The number of rotatable bonds is 3. The van der Waals surface area contributed by atoms with Gasteiger partial charge in [-0.25, -0.2) is 4.79 Å². The Labute approximate surface area is 144 Å². The van der Waals surface area contributed by atoms with Crippen molar-refractivity contribution < 1.29 is 29.2 Å². The second-order valence-corrected chi connectivity index (χ2v) is 6.12. The van der Waals surface area contributed by atoms with E-state index in [0.29, 0.717) is 23.6 Å². The van der Waals surface area contributed by atoms with Crippen LogP contribution in [-0.2, 0) is 25.6 Å². The van der Waals surface area contributed by atoms with E-state index >= 15 is 0 Å². The Morgan fingerprint density at radius 3 is 2.68 bits per heavy atom. The third kappa shape index (κ3) is 3.02. The van der Waals surface area contributed by atoms with Crippen LogP contribution in [0.2, 0.25) is 0 Å². The molecular weight excluding hydrogens is 326 g/mol. The topological polar surface area (TPSA) is 94.4 Å². The van der Waals surface area contributed by atoms with Gasteiger partial charge in [-0.2, -0.15) is 4.89 Å². The summed E-state index contributed by atoms with van der Waals surface area (Å²) in [5.74, 6) is -2.82. The second-order valence-electron chi connectivity index (χ2n) is 6.12. The number of esters is 1. The minimum atomic E-state index is -1.07. The molecule has 0 amide bonds. The number of hydrogen-bond acceptors (Lipinski definition) is 6. The molecule has 0 aromatic heterocycles. The standard InChI is InChI=1S/C18H19NO6/c1-9-14(17(20)21)16(15(10(2)19-9)18(22)23-3)13-8-11-6-4-5-7-12(11)24-25-13/h4-7,13-14,16H,8H2,1-3H3,(H,20,21). The molecule has 0 aliphatic carbocycles. The van der Waals surface area contributed by atoms with E-state index in [1.807, 2.05) is 18.2 Å². The zero-order chi connectivity index (χ0) is 18.1. The molecule has 3 atom stereocenters. The number of carbonyl (C=O) groups is 2. The lowest BCUT2D eigenvalue weighted by Crippen LogP contribution is -2.45. The normalized spacial score (nSPS) is 25.6. The maximum atomic E-state index is 12.3. The van der Waals surface area contributed by atoms with E-state index in [0.717, 1.165) is 5.56 Å². The second kappa shape index (κ2) is 6.68. The lowest BCUT2D eigenvalue weighted by molar-refractivity contribution is -0.266. The first-order chi connectivity index (χ1) is 11.9. The SMILES string of the molecule is COC(=O)C1=C(C)N=C(C)C(C(=O)O)C1C1Cc2ccccc2OO1. The van der Waals surface area contributed by atoms with Crippen LogP contribution in [0.25, 0.3) is 0 Å². The van der Waals surface area contributed by atoms with Crippen molar-refractivity contribution in [1.29, 1.82) is 0 Å². The average molecular weight is 345 g/mol. The van der Waals surface area contributed by atoms with Gasteiger partial charge in [0.25, 0.3) is 0 Å². The summed E-state index contributed by atoms with van der Waals surface area (Å²) in [5, 5.41) is 9.71. The van der Waals surface area contributed by atoms with Crippen LogP contribution in [0.5, 0.6) is 5.75 Å². The van der Waals surface area contributed by atoms with Crippen LogP contribution in [-0.4, -0.2) is 36.0 Å². The van der Waals surface area contributed by atoms with Gasteiger partial charge >= 0.3 is 11.9 Å². The molecule has 7 nitrogen and oxygen atoms in total. The molecule has 3 unspecified atom stereocenters. The van der Waals surface area contributed by atoms with Crippen LogP contribution in [0.3, 0.4) is 0 Å². The first kappa shape index (κ1) is 17.2. The summed E-state index contributed by atoms with van der Waals surface area (Å²) in [6.07, 6.45) is -0.225. The number of aliphatic imine (C=N–C) groups is 1. The van der Waals surface area contributed by atoms with Crippen molar-refractivity contribution in [3.63, 3.8) is 0 Å². The van der Waals surface area contributed by atoms with E-state index < -0.39 is 29.9 Å². The average Bonchev–Trinajstić information content (AvgIpc) is 2.59. The smallest absolute Gasteiger partial charge is 0.335 e. The lowest BCUT2D eigenvalue weighted by Gasteiger charge is -2.36. The Balaban J connectivity index is 2.04. The Kier molecular flexibility index (Phi) is 4.59. The molecule has 0 saturated carbocycles. The zero-order valence-electron chi connectivity index (χ0n) is 14.2. The summed E-state index contributed by atoms with van der Waals surface area (Å²) in [4.78, 5) is 39.3. The van der Waals surface area contributed by atoms with Crippen LogP contribution < -0.4 is 4.89 Å². The summed E-state index contributed by atoms with van der Waals surface area (Å²) in [5.41, 5.74) is 1.97. The number of carboxylic acids is 1. The van der Waals surface area contributed by atoms with Gasteiger partial charge in [0.05, 0.1) is 12.7 Å². The van der Waals surface area contributed by atoms with Crippen molar-refractivity contribution in [3.8, 4) is 5.75 Å². The summed E-state index contributed by atoms with van der Waals surface area (Å²) < 4.78 is 4.86. The number of carboxylic acid groups (broad SMARTS) is 1. The van der Waals surface area contributed by atoms with Crippen molar-refractivity contribution in [3.05, 3.63) is 41.1 Å². The van der Waals surface area contributed by atoms with Gasteiger partial charge in [0.15, 0.2) is 5.75 Å². The van der Waals surface area contributed by atoms with Crippen LogP contribution >= 0.6 is 0 Å². The zero-order valence-corrected chi connectivity index (χ0v) is 14.2. The summed E-state index contributed by atoms with van der Waals surface area (Å²) in [6.45, 7) is 3.30. The van der Waals surface area contributed by atoms with Gasteiger partial charge in [-0.15, -0.1) is 0 Å². The third-order valence-corrected chi connectivity index (χ3v) is 4.60. The monoisotopic (exact) mass is 345 g/mol. The fourth-order valence-electron chi connectivity index (χ4n) is 3.49. The van der Waals surface area contributed by atoms with Gasteiger partial charge in [-0.1, -0.05) is 18.2 Å². The first-order valence-electron chi connectivity index (χ1n) is 7.92. The Bertz CT molecular complexity index is 782. The van der Waals surface area contributed by atoms with Crippen molar-refractivity contribution in [1.82, 2.24) is 0 Å². The lowest BCUT2D eigenvalue weighted by atomic mass is 9.75. The molecule has 2 aliphatic rings. The van der Waals surface area contributed by atoms with E-state index in [2.05, 4.69) is 4.99 Å². The molecular formula is C18H19NO6. The van der Waals surface area contributed by atoms with E-state index in [1.165, 1.54) is 7.11 Å². The number of ether oxygens (including phenoxy) is 1. The number of carbonyl (C=O) groups excluding carboxylic acids is 1. The number of hydrogen-bond donors (Lipinski definition) is 1. The summed E-state index contributed by atoms with van der Waals surface area (Å²) in [7, 11) is 1.26.